The average molecular weight is 324 g/mol. The van der Waals surface area contributed by atoms with Crippen LogP contribution in [0.5, 0.6) is 0 Å². The minimum Gasteiger partial charge on any atom is -0.468 e. The van der Waals surface area contributed by atoms with E-state index in [9.17, 15) is 0 Å². The lowest BCUT2D eigenvalue weighted by Crippen LogP contribution is -2.28. The summed E-state index contributed by atoms with van der Waals surface area (Å²) in [5.41, 5.74) is 0.842. The molecule has 6 heteroatoms. The number of furan rings is 1. The molecule has 1 aliphatic rings. The minimum absolute atomic E-state index is 0.274. The highest BCUT2D eigenvalue weighted by molar-refractivity contribution is 5.49. The van der Waals surface area contributed by atoms with E-state index in [1.54, 1.807) is 18.7 Å². The molecule has 0 aromatic carbocycles. The zero-order valence-corrected chi connectivity index (χ0v) is 13.5. The second-order valence-corrected chi connectivity index (χ2v) is 6.09. The summed E-state index contributed by atoms with van der Waals surface area (Å²) in [5, 5.41) is 8.37. The van der Waals surface area contributed by atoms with Crippen LogP contribution in [0.1, 0.15) is 43.4 Å². The van der Waals surface area contributed by atoms with E-state index in [4.69, 9.17) is 8.83 Å². The largest absolute Gasteiger partial charge is 0.468 e. The second kappa shape index (κ2) is 6.97. The maximum absolute atomic E-state index is 5.84. The highest BCUT2D eigenvalue weighted by atomic mass is 16.4. The van der Waals surface area contributed by atoms with E-state index in [-0.39, 0.29) is 6.04 Å². The van der Waals surface area contributed by atoms with Crippen molar-refractivity contribution in [2.45, 2.75) is 38.3 Å². The van der Waals surface area contributed by atoms with Crippen LogP contribution in [0, 0.1) is 0 Å². The van der Waals surface area contributed by atoms with Gasteiger partial charge in [-0.2, -0.15) is 0 Å². The summed E-state index contributed by atoms with van der Waals surface area (Å²) in [6.45, 7) is 1.65. The fraction of sp³-hybridized carbons (Fsp3) is 0.389. The van der Waals surface area contributed by atoms with Crippen LogP contribution >= 0.6 is 0 Å². The average Bonchev–Trinajstić information content (AvgIpc) is 3.26. The van der Waals surface area contributed by atoms with Crippen LogP contribution in [0.25, 0.3) is 11.5 Å². The van der Waals surface area contributed by atoms with Gasteiger partial charge >= 0.3 is 0 Å². The third-order valence-corrected chi connectivity index (χ3v) is 4.45. The molecule has 1 saturated heterocycles. The van der Waals surface area contributed by atoms with Gasteiger partial charge in [0, 0.05) is 12.4 Å². The molecule has 0 aliphatic carbocycles. The molecule has 0 radical (unpaired) electrons. The number of nitrogens with zero attached hydrogens (tertiary/aromatic N) is 4. The highest BCUT2D eigenvalue weighted by Gasteiger charge is 2.26. The molecule has 24 heavy (non-hydrogen) atoms. The van der Waals surface area contributed by atoms with E-state index in [0.29, 0.717) is 18.3 Å². The Bertz CT molecular complexity index is 754. The molecule has 1 fully saturated rings. The Morgan fingerprint density at radius 2 is 2.12 bits per heavy atom. The van der Waals surface area contributed by atoms with Crippen LogP contribution < -0.4 is 0 Å². The lowest BCUT2D eigenvalue weighted by atomic mass is 10.1. The molecule has 0 unspecified atom stereocenters. The fourth-order valence-corrected chi connectivity index (χ4v) is 3.26. The second-order valence-electron chi connectivity index (χ2n) is 6.09. The molecule has 0 saturated carbocycles. The molecule has 3 aromatic heterocycles. The Morgan fingerprint density at radius 1 is 1.12 bits per heavy atom. The summed E-state index contributed by atoms with van der Waals surface area (Å²) in [4.78, 5) is 6.47. The third kappa shape index (κ3) is 3.23. The SMILES string of the molecule is c1cncc(-c2nnc(CN3CCCCC[C@H]3c3ccco3)o2)c1. The lowest BCUT2D eigenvalue weighted by molar-refractivity contribution is 0.155. The number of hydrogen-bond acceptors (Lipinski definition) is 6. The highest BCUT2D eigenvalue weighted by Crippen LogP contribution is 2.31. The summed E-state index contributed by atoms with van der Waals surface area (Å²) in [6, 6.07) is 8.06. The Kier molecular flexibility index (Phi) is 4.38. The summed E-state index contributed by atoms with van der Waals surface area (Å²) < 4.78 is 11.5. The quantitative estimate of drug-likeness (QED) is 0.726. The van der Waals surface area contributed by atoms with E-state index >= 15 is 0 Å². The molecular weight excluding hydrogens is 304 g/mol. The predicted octanol–water partition coefficient (Wildman–Crippen LogP) is 3.84. The van der Waals surface area contributed by atoms with E-state index in [1.807, 2.05) is 18.2 Å². The monoisotopic (exact) mass is 324 g/mol. The molecule has 0 N–H and O–H groups in total. The molecule has 1 aliphatic heterocycles. The van der Waals surface area contributed by atoms with Crippen LogP contribution in [-0.2, 0) is 6.54 Å². The van der Waals surface area contributed by atoms with Crippen molar-refractivity contribution < 1.29 is 8.83 Å². The summed E-state index contributed by atoms with van der Waals surface area (Å²) in [6.07, 6.45) is 9.94. The summed E-state index contributed by atoms with van der Waals surface area (Å²) >= 11 is 0. The topological polar surface area (TPSA) is 68.2 Å². The van der Waals surface area contributed by atoms with Gasteiger partial charge in [0.25, 0.3) is 0 Å². The standard InChI is InChI=1S/C18H20N4O2/c1-2-7-15(16-8-5-11-23-16)22(10-3-1)13-17-20-21-18(24-17)14-6-4-9-19-12-14/h4-6,8-9,11-12,15H,1-3,7,10,13H2/t15-/m0/s1. The van der Waals surface area contributed by atoms with E-state index < -0.39 is 0 Å². The fourth-order valence-electron chi connectivity index (χ4n) is 3.26. The molecule has 6 nitrogen and oxygen atoms in total. The van der Waals surface area contributed by atoms with Gasteiger partial charge in [0.05, 0.1) is 24.4 Å². The maximum atomic E-state index is 5.84. The number of rotatable bonds is 4. The van der Waals surface area contributed by atoms with Crippen LogP contribution in [0.3, 0.4) is 0 Å². The summed E-state index contributed by atoms with van der Waals surface area (Å²) in [7, 11) is 0. The van der Waals surface area contributed by atoms with Gasteiger partial charge in [-0.25, -0.2) is 0 Å². The van der Waals surface area contributed by atoms with Crippen molar-refractivity contribution in [1.82, 2.24) is 20.1 Å². The summed E-state index contributed by atoms with van der Waals surface area (Å²) in [5.74, 6) is 2.17. The number of pyridine rings is 1. The molecule has 4 rings (SSSR count). The smallest absolute Gasteiger partial charge is 0.249 e. The van der Waals surface area contributed by atoms with Crippen LogP contribution in [0.4, 0.5) is 0 Å². The van der Waals surface area contributed by atoms with Crippen LogP contribution in [-0.4, -0.2) is 26.6 Å². The van der Waals surface area contributed by atoms with Gasteiger partial charge in [-0.05, 0) is 43.7 Å². The van der Waals surface area contributed by atoms with Crippen LogP contribution in [0.2, 0.25) is 0 Å². The first kappa shape index (κ1) is 15.1. The Balaban J connectivity index is 1.53. The molecular formula is C18H20N4O2. The van der Waals surface area contributed by atoms with Gasteiger partial charge < -0.3 is 8.83 Å². The molecule has 124 valence electrons. The van der Waals surface area contributed by atoms with Crippen molar-refractivity contribution in [3.63, 3.8) is 0 Å². The first-order valence-corrected chi connectivity index (χ1v) is 8.40. The minimum atomic E-state index is 0.274. The lowest BCUT2D eigenvalue weighted by Gasteiger charge is -2.26. The van der Waals surface area contributed by atoms with Crippen molar-refractivity contribution in [3.8, 4) is 11.5 Å². The van der Waals surface area contributed by atoms with Gasteiger partial charge in [0.15, 0.2) is 0 Å². The number of likely N-dealkylation sites (tertiary alicyclic amines) is 1. The molecule has 0 spiro atoms. The first-order chi connectivity index (χ1) is 11.9. The van der Waals surface area contributed by atoms with E-state index in [2.05, 4.69) is 26.1 Å². The maximum Gasteiger partial charge on any atom is 0.249 e. The normalized spacial score (nSPS) is 19.2. The predicted molar refractivity (Wildman–Crippen MR) is 87.9 cm³/mol. The van der Waals surface area contributed by atoms with Crippen molar-refractivity contribution in [3.05, 3.63) is 54.6 Å². The number of hydrogen-bond donors (Lipinski definition) is 0. The molecule has 3 aromatic rings. The van der Waals surface area contributed by atoms with Crippen LogP contribution in [0.15, 0.2) is 51.8 Å². The van der Waals surface area contributed by atoms with E-state index in [0.717, 1.165) is 24.3 Å². The first-order valence-electron chi connectivity index (χ1n) is 8.40. The van der Waals surface area contributed by atoms with Gasteiger partial charge in [0.1, 0.15) is 5.76 Å². The van der Waals surface area contributed by atoms with Gasteiger partial charge in [-0.1, -0.05) is 12.8 Å². The Labute approximate surface area is 140 Å². The molecule has 0 bridgehead atoms. The number of aromatic nitrogens is 3. The van der Waals surface area contributed by atoms with Crippen molar-refractivity contribution in [1.29, 1.82) is 0 Å². The Morgan fingerprint density at radius 3 is 2.96 bits per heavy atom. The molecule has 4 heterocycles. The van der Waals surface area contributed by atoms with Crippen molar-refractivity contribution >= 4 is 0 Å². The zero-order valence-electron chi connectivity index (χ0n) is 13.5. The van der Waals surface area contributed by atoms with E-state index in [1.165, 1.54) is 19.3 Å². The molecule has 1 atom stereocenters. The Hall–Kier alpha value is -2.47. The molecule has 0 amide bonds. The van der Waals surface area contributed by atoms with Gasteiger partial charge in [-0.3, -0.25) is 9.88 Å². The van der Waals surface area contributed by atoms with Crippen molar-refractivity contribution in [2.75, 3.05) is 6.54 Å². The van der Waals surface area contributed by atoms with Gasteiger partial charge in [0.2, 0.25) is 11.8 Å². The third-order valence-electron chi connectivity index (χ3n) is 4.45. The van der Waals surface area contributed by atoms with Crippen molar-refractivity contribution in [2.24, 2.45) is 0 Å². The zero-order chi connectivity index (χ0) is 16.2. The van der Waals surface area contributed by atoms with Gasteiger partial charge in [-0.15, -0.1) is 10.2 Å².